The zero-order valence-corrected chi connectivity index (χ0v) is 10.7. The van der Waals surface area contributed by atoms with Crippen LogP contribution in [-0.4, -0.2) is 11.9 Å². The van der Waals surface area contributed by atoms with Crippen LogP contribution < -0.4 is 5.32 Å². The van der Waals surface area contributed by atoms with E-state index in [1.807, 2.05) is 24.3 Å². The largest absolute Gasteiger partial charge is 0.349 e. The standard InChI is InChI=1S/C12H14INO/c13-10-5-3-4-9(8-10)12(15)14-11-6-1-2-7-11/h3-5,8,11H,1-2,6-7H2,(H,14,15). The van der Waals surface area contributed by atoms with Crippen LogP contribution in [0.15, 0.2) is 24.3 Å². The van der Waals surface area contributed by atoms with Crippen molar-refractivity contribution in [2.45, 2.75) is 31.7 Å². The molecule has 3 heteroatoms. The molecular weight excluding hydrogens is 301 g/mol. The molecule has 1 aromatic rings. The lowest BCUT2D eigenvalue weighted by Gasteiger charge is -2.11. The number of nitrogens with one attached hydrogen (secondary N) is 1. The zero-order chi connectivity index (χ0) is 10.7. The summed E-state index contributed by atoms with van der Waals surface area (Å²) in [5.41, 5.74) is 0.772. The number of carbonyl (C=O) groups excluding carboxylic acids is 1. The molecule has 0 bridgehead atoms. The van der Waals surface area contributed by atoms with Gasteiger partial charge in [-0.05, 0) is 53.6 Å². The Morgan fingerprint density at radius 1 is 1.33 bits per heavy atom. The van der Waals surface area contributed by atoms with Gasteiger partial charge in [-0.2, -0.15) is 0 Å². The molecule has 0 spiro atoms. The van der Waals surface area contributed by atoms with Crippen LogP contribution in [0.3, 0.4) is 0 Å². The molecule has 2 nitrogen and oxygen atoms in total. The molecule has 1 N–H and O–H groups in total. The molecule has 0 radical (unpaired) electrons. The highest BCUT2D eigenvalue weighted by molar-refractivity contribution is 14.1. The van der Waals surface area contributed by atoms with Crippen LogP contribution in [0.2, 0.25) is 0 Å². The minimum atomic E-state index is 0.0698. The van der Waals surface area contributed by atoms with Crippen LogP contribution in [0.25, 0.3) is 0 Å². The van der Waals surface area contributed by atoms with Gasteiger partial charge >= 0.3 is 0 Å². The summed E-state index contributed by atoms with van der Waals surface area (Å²) < 4.78 is 1.10. The second kappa shape index (κ2) is 4.96. The van der Waals surface area contributed by atoms with Crippen LogP contribution in [0.4, 0.5) is 0 Å². The third-order valence-corrected chi connectivity index (χ3v) is 3.45. The van der Waals surface area contributed by atoms with E-state index in [0.29, 0.717) is 6.04 Å². The van der Waals surface area contributed by atoms with Gasteiger partial charge in [-0.3, -0.25) is 4.79 Å². The van der Waals surface area contributed by atoms with E-state index in [2.05, 4.69) is 27.9 Å². The Labute approximate surface area is 104 Å². The predicted molar refractivity (Wildman–Crippen MR) is 68.9 cm³/mol. The zero-order valence-electron chi connectivity index (χ0n) is 8.50. The van der Waals surface area contributed by atoms with Crippen molar-refractivity contribution in [2.24, 2.45) is 0 Å². The second-order valence-electron chi connectivity index (χ2n) is 3.97. The van der Waals surface area contributed by atoms with Crippen LogP contribution in [0, 0.1) is 3.57 Å². The van der Waals surface area contributed by atoms with Gasteiger partial charge in [0.25, 0.3) is 5.91 Å². The van der Waals surface area contributed by atoms with E-state index < -0.39 is 0 Å². The maximum atomic E-state index is 11.8. The van der Waals surface area contributed by atoms with Gasteiger partial charge in [0.1, 0.15) is 0 Å². The van der Waals surface area contributed by atoms with Gasteiger partial charge in [-0.25, -0.2) is 0 Å². The summed E-state index contributed by atoms with van der Waals surface area (Å²) >= 11 is 2.22. The molecule has 80 valence electrons. The number of rotatable bonds is 2. The monoisotopic (exact) mass is 315 g/mol. The first kappa shape index (κ1) is 10.9. The molecule has 0 aliphatic heterocycles. The van der Waals surface area contributed by atoms with Crippen LogP contribution >= 0.6 is 22.6 Å². The van der Waals surface area contributed by atoms with Gasteiger partial charge in [0, 0.05) is 15.2 Å². The van der Waals surface area contributed by atoms with Gasteiger partial charge in [-0.1, -0.05) is 18.9 Å². The predicted octanol–water partition coefficient (Wildman–Crippen LogP) is 2.96. The van der Waals surface area contributed by atoms with E-state index in [1.54, 1.807) is 0 Å². The summed E-state index contributed by atoms with van der Waals surface area (Å²) in [7, 11) is 0. The fraction of sp³-hybridized carbons (Fsp3) is 0.417. The summed E-state index contributed by atoms with van der Waals surface area (Å²) in [5, 5.41) is 3.08. The molecule has 1 saturated carbocycles. The molecule has 0 heterocycles. The summed E-state index contributed by atoms with van der Waals surface area (Å²) in [6.07, 6.45) is 4.76. The minimum Gasteiger partial charge on any atom is -0.349 e. The fourth-order valence-corrected chi connectivity index (χ4v) is 2.51. The molecule has 0 unspecified atom stereocenters. The highest BCUT2D eigenvalue weighted by atomic mass is 127. The molecule has 1 aliphatic rings. The Morgan fingerprint density at radius 2 is 2.07 bits per heavy atom. The van der Waals surface area contributed by atoms with Crippen molar-refractivity contribution in [2.75, 3.05) is 0 Å². The fourth-order valence-electron chi connectivity index (χ4n) is 1.97. The quantitative estimate of drug-likeness (QED) is 0.835. The van der Waals surface area contributed by atoms with Crippen molar-refractivity contribution in [1.82, 2.24) is 5.32 Å². The average molecular weight is 315 g/mol. The summed E-state index contributed by atoms with van der Waals surface area (Å²) in [6, 6.07) is 8.10. The average Bonchev–Trinajstić information content (AvgIpc) is 2.70. The van der Waals surface area contributed by atoms with E-state index >= 15 is 0 Å². The first-order valence-corrected chi connectivity index (χ1v) is 6.40. The topological polar surface area (TPSA) is 29.1 Å². The van der Waals surface area contributed by atoms with Crippen molar-refractivity contribution >= 4 is 28.5 Å². The highest BCUT2D eigenvalue weighted by Gasteiger charge is 2.17. The Bertz CT molecular complexity index is 358. The number of halogens is 1. The van der Waals surface area contributed by atoms with E-state index in [-0.39, 0.29) is 5.91 Å². The number of hydrogen-bond donors (Lipinski definition) is 1. The van der Waals surface area contributed by atoms with Gasteiger partial charge < -0.3 is 5.32 Å². The molecule has 0 atom stereocenters. The summed E-state index contributed by atoms with van der Waals surface area (Å²) in [4.78, 5) is 11.8. The van der Waals surface area contributed by atoms with E-state index in [0.717, 1.165) is 22.0 Å². The molecular formula is C12H14INO. The Kier molecular flexibility index (Phi) is 3.61. The smallest absolute Gasteiger partial charge is 0.251 e. The number of carbonyl (C=O) groups is 1. The van der Waals surface area contributed by atoms with E-state index in [4.69, 9.17) is 0 Å². The van der Waals surface area contributed by atoms with Gasteiger partial charge in [0.05, 0.1) is 0 Å². The lowest BCUT2D eigenvalue weighted by Crippen LogP contribution is -2.32. The molecule has 0 saturated heterocycles. The Morgan fingerprint density at radius 3 is 2.73 bits per heavy atom. The van der Waals surface area contributed by atoms with Crippen molar-refractivity contribution < 1.29 is 4.79 Å². The minimum absolute atomic E-state index is 0.0698. The lowest BCUT2D eigenvalue weighted by molar-refractivity contribution is 0.0938. The molecule has 1 aliphatic carbocycles. The molecule has 1 amide bonds. The Hall–Kier alpha value is -0.580. The summed E-state index contributed by atoms with van der Waals surface area (Å²) in [5.74, 6) is 0.0698. The van der Waals surface area contributed by atoms with E-state index in [9.17, 15) is 4.79 Å². The van der Waals surface area contributed by atoms with Crippen molar-refractivity contribution in [3.05, 3.63) is 33.4 Å². The maximum absolute atomic E-state index is 11.8. The number of benzene rings is 1. The molecule has 1 fully saturated rings. The molecule has 1 aromatic carbocycles. The van der Waals surface area contributed by atoms with Gasteiger partial charge in [0.15, 0.2) is 0 Å². The lowest BCUT2D eigenvalue weighted by atomic mass is 10.2. The first-order valence-electron chi connectivity index (χ1n) is 5.32. The molecule has 15 heavy (non-hydrogen) atoms. The van der Waals surface area contributed by atoms with Gasteiger partial charge in [0.2, 0.25) is 0 Å². The third kappa shape index (κ3) is 2.93. The van der Waals surface area contributed by atoms with Gasteiger partial charge in [-0.15, -0.1) is 0 Å². The molecule has 0 aromatic heterocycles. The number of amides is 1. The first-order chi connectivity index (χ1) is 7.25. The van der Waals surface area contributed by atoms with Crippen molar-refractivity contribution in [1.29, 1.82) is 0 Å². The highest BCUT2D eigenvalue weighted by Crippen LogP contribution is 2.18. The second-order valence-corrected chi connectivity index (χ2v) is 5.21. The third-order valence-electron chi connectivity index (χ3n) is 2.78. The van der Waals surface area contributed by atoms with Crippen molar-refractivity contribution in [3.8, 4) is 0 Å². The van der Waals surface area contributed by atoms with Crippen LogP contribution in [0.5, 0.6) is 0 Å². The van der Waals surface area contributed by atoms with Crippen LogP contribution in [0.1, 0.15) is 36.0 Å². The number of hydrogen-bond acceptors (Lipinski definition) is 1. The van der Waals surface area contributed by atoms with Crippen molar-refractivity contribution in [3.63, 3.8) is 0 Å². The normalized spacial score (nSPS) is 16.6. The Balaban J connectivity index is 2.01. The molecule has 2 rings (SSSR count). The maximum Gasteiger partial charge on any atom is 0.251 e. The summed E-state index contributed by atoms with van der Waals surface area (Å²) in [6.45, 7) is 0. The van der Waals surface area contributed by atoms with E-state index in [1.165, 1.54) is 12.8 Å². The van der Waals surface area contributed by atoms with Crippen LogP contribution in [-0.2, 0) is 0 Å². The SMILES string of the molecule is O=C(NC1CCCC1)c1cccc(I)c1.